The van der Waals surface area contributed by atoms with Gasteiger partial charge in [0.1, 0.15) is 12.5 Å². The van der Waals surface area contributed by atoms with E-state index in [1.807, 2.05) is 60.8 Å². The number of anilines is 2. The summed E-state index contributed by atoms with van der Waals surface area (Å²) in [6.07, 6.45) is 9.49. The van der Waals surface area contributed by atoms with Gasteiger partial charge in [0.15, 0.2) is 5.82 Å². The Balaban J connectivity index is 1.23. The molecule has 9 nitrogen and oxygen atoms in total. The summed E-state index contributed by atoms with van der Waals surface area (Å²) >= 11 is 0. The van der Waals surface area contributed by atoms with E-state index in [1.165, 1.54) is 35.4 Å². The number of aliphatic hydroxyl groups is 1. The predicted molar refractivity (Wildman–Crippen MR) is 184 cm³/mol. The summed E-state index contributed by atoms with van der Waals surface area (Å²) in [6.45, 7) is 8.31. The third-order valence-corrected chi connectivity index (χ3v) is 9.45. The first-order valence-electron chi connectivity index (χ1n) is 16.1. The van der Waals surface area contributed by atoms with Crippen molar-refractivity contribution in [2.75, 3.05) is 30.4 Å². The molecule has 1 saturated heterocycles. The normalized spacial score (nSPS) is 16.0. The Hall–Kier alpha value is -4.80. The van der Waals surface area contributed by atoms with E-state index >= 15 is 4.39 Å². The van der Waals surface area contributed by atoms with Crippen molar-refractivity contribution >= 4 is 27.8 Å². The molecule has 3 aromatic carbocycles. The van der Waals surface area contributed by atoms with Gasteiger partial charge in [-0.25, -0.2) is 9.37 Å². The highest BCUT2D eigenvalue weighted by atomic mass is 19.1. The number of rotatable bonds is 6. The number of benzene rings is 3. The van der Waals surface area contributed by atoms with E-state index in [-0.39, 0.29) is 17.4 Å². The largest absolute Gasteiger partial charge is 0.392 e. The molecule has 7 rings (SSSR count). The van der Waals surface area contributed by atoms with Crippen LogP contribution in [0.1, 0.15) is 62.0 Å². The molecule has 0 amide bonds. The topological polar surface area (TPSA) is 91.5 Å². The molecular weight excluding hydrogens is 593 g/mol. The first kappa shape index (κ1) is 30.8. The quantitative estimate of drug-likeness (QED) is 0.230. The van der Waals surface area contributed by atoms with E-state index in [9.17, 15) is 9.90 Å². The van der Waals surface area contributed by atoms with Crippen LogP contribution < -0.4 is 15.8 Å². The number of halogens is 1. The average molecular weight is 634 g/mol. The number of hydrogen-bond donors (Lipinski definition) is 2. The summed E-state index contributed by atoms with van der Waals surface area (Å²) in [4.78, 5) is 22.7. The maximum atomic E-state index is 15.4. The molecule has 0 bridgehead atoms. The van der Waals surface area contributed by atoms with E-state index in [2.05, 4.69) is 51.6 Å². The van der Waals surface area contributed by atoms with Crippen molar-refractivity contribution in [2.45, 2.75) is 58.2 Å². The Kier molecular flexibility index (Phi) is 7.93. The van der Waals surface area contributed by atoms with Gasteiger partial charge in [0.25, 0.3) is 5.56 Å². The van der Waals surface area contributed by atoms with Crippen LogP contribution in [0, 0.1) is 5.82 Å². The van der Waals surface area contributed by atoms with E-state index in [1.54, 1.807) is 12.3 Å². The van der Waals surface area contributed by atoms with Crippen LogP contribution >= 0.6 is 0 Å². The van der Waals surface area contributed by atoms with Crippen LogP contribution in [0.4, 0.5) is 15.8 Å². The number of aliphatic hydroxyl groups excluding tert-OH is 1. The zero-order valence-electron chi connectivity index (χ0n) is 27.2. The number of piperidine rings is 1. The molecule has 242 valence electrons. The molecule has 0 saturated carbocycles. The molecule has 0 atom stereocenters. The van der Waals surface area contributed by atoms with E-state index in [0.29, 0.717) is 34.9 Å². The van der Waals surface area contributed by atoms with Gasteiger partial charge in [0.2, 0.25) is 0 Å². The monoisotopic (exact) mass is 633 g/mol. The van der Waals surface area contributed by atoms with Crippen LogP contribution in [-0.2, 0) is 18.7 Å². The first-order valence-corrected chi connectivity index (χ1v) is 16.1. The molecule has 0 spiro atoms. The highest BCUT2D eigenvalue weighted by Gasteiger charge is 2.25. The second-order valence-corrected chi connectivity index (χ2v) is 13.7. The van der Waals surface area contributed by atoms with Crippen LogP contribution in [-0.4, -0.2) is 49.5 Å². The van der Waals surface area contributed by atoms with Crippen molar-refractivity contribution in [3.8, 4) is 5.69 Å². The number of nitrogens with one attached hydrogen (secondary N) is 1. The molecule has 0 radical (unpaired) electrons. The van der Waals surface area contributed by atoms with Gasteiger partial charge < -0.3 is 24.8 Å². The van der Waals surface area contributed by atoms with Gasteiger partial charge in [-0.15, -0.1) is 0 Å². The summed E-state index contributed by atoms with van der Waals surface area (Å²) in [5, 5.41) is 19.1. The van der Waals surface area contributed by atoms with Gasteiger partial charge in [0.05, 0.1) is 29.6 Å². The lowest BCUT2D eigenvalue weighted by molar-refractivity contribution is 0.255. The zero-order chi connectivity index (χ0) is 32.9. The molecule has 4 heterocycles. The number of nitrogens with zero attached hydrogens (tertiary/aromatic N) is 6. The molecular formula is C37H40FN7O2. The first-order chi connectivity index (χ1) is 22.6. The molecule has 2 aromatic heterocycles. The van der Waals surface area contributed by atoms with Crippen molar-refractivity contribution < 1.29 is 9.50 Å². The Bertz CT molecular complexity index is 2030. The molecule has 0 unspecified atom stereocenters. The maximum Gasteiger partial charge on any atom is 0.282 e. The third-order valence-electron chi connectivity index (χ3n) is 9.45. The van der Waals surface area contributed by atoms with Gasteiger partial charge >= 0.3 is 0 Å². The van der Waals surface area contributed by atoms with Crippen LogP contribution in [0.15, 0.2) is 84.2 Å². The molecule has 10 heteroatoms. The van der Waals surface area contributed by atoms with Crippen LogP contribution in [0.2, 0.25) is 0 Å². The minimum Gasteiger partial charge on any atom is -0.392 e. The van der Waals surface area contributed by atoms with Gasteiger partial charge in [-0.1, -0.05) is 39.0 Å². The van der Waals surface area contributed by atoms with Gasteiger partial charge in [-0.2, -0.15) is 9.78 Å². The summed E-state index contributed by atoms with van der Waals surface area (Å²) in [6, 6.07) is 17.3. The summed E-state index contributed by atoms with van der Waals surface area (Å²) in [7, 11) is 2.18. The summed E-state index contributed by atoms with van der Waals surface area (Å²) in [5.74, 6) is 0.784. The Morgan fingerprint density at radius 2 is 1.79 bits per heavy atom. The van der Waals surface area contributed by atoms with Crippen LogP contribution in [0.25, 0.3) is 22.2 Å². The fourth-order valence-electron chi connectivity index (χ4n) is 6.69. The number of likely N-dealkylation sites (tertiary alicyclic amines) is 1. The third kappa shape index (κ3) is 5.83. The van der Waals surface area contributed by atoms with Crippen molar-refractivity contribution in [3.63, 3.8) is 0 Å². The second kappa shape index (κ2) is 12.1. The Morgan fingerprint density at radius 1 is 1.04 bits per heavy atom. The van der Waals surface area contributed by atoms with E-state index in [0.717, 1.165) is 35.9 Å². The fraction of sp³-hybridized carbons (Fsp3) is 0.324. The minimum absolute atomic E-state index is 0.0310. The highest BCUT2D eigenvalue weighted by Crippen LogP contribution is 2.33. The predicted octanol–water partition coefficient (Wildman–Crippen LogP) is 6.21. The Labute approximate surface area is 273 Å². The lowest BCUT2D eigenvalue weighted by atomic mass is 9.86. The van der Waals surface area contributed by atoms with Crippen molar-refractivity contribution in [2.24, 2.45) is 0 Å². The molecule has 2 aliphatic rings. The summed E-state index contributed by atoms with van der Waals surface area (Å²) in [5.41, 5.74) is 4.60. The smallest absolute Gasteiger partial charge is 0.282 e. The molecule has 47 heavy (non-hydrogen) atoms. The Morgan fingerprint density at radius 3 is 2.51 bits per heavy atom. The number of fused-ring (bicyclic) bond motifs is 2. The molecule has 1 fully saturated rings. The van der Waals surface area contributed by atoms with Crippen molar-refractivity contribution in [1.82, 2.24) is 24.2 Å². The van der Waals surface area contributed by atoms with Gasteiger partial charge in [0, 0.05) is 40.9 Å². The number of imidazole rings is 1. The van der Waals surface area contributed by atoms with E-state index < -0.39 is 11.4 Å². The lowest BCUT2D eigenvalue weighted by Crippen LogP contribution is -2.30. The number of hydrogen-bond acceptors (Lipinski definition) is 7. The standard InChI is InChI=1S/C37H40FN7O2/c1-37(2,3)27-18-26-20-40-45(36(47)34(26)30(38)19-27)33-7-5-6-32(29(33)22-46)44-21-31(35-39-14-17-43(35)23-44)41-28-10-8-24(9-11-28)25-12-15-42(4)16-13-25/h5-11,14,17-21,25,41,46H,12-13,15-16,22-23H2,1-4H3. The number of aromatic nitrogens is 4. The van der Waals surface area contributed by atoms with E-state index in [4.69, 9.17) is 0 Å². The highest BCUT2D eigenvalue weighted by molar-refractivity contribution is 5.83. The molecule has 2 aliphatic heterocycles. The second-order valence-electron chi connectivity index (χ2n) is 13.7. The minimum atomic E-state index is -0.586. The zero-order valence-corrected chi connectivity index (χ0v) is 27.2. The van der Waals surface area contributed by atoms with Crippen LogP contribution in [0.3, 0.4) is 0 Å². The average Bonchev–Trinajstić information content (AvgIpc) is 3.54. The SMILES string of the molecule is CN1CCC(c2ccc(NC3=CN(c4cccc(-n5ncc6cc(C(C)(C)C)cc(F)c6c5=O)c4CO)Cn4ccnc43)cc2)CC1. The van der Waals surface area contributed by atoms with Crippen molar-refractivity contribution in [1.29, 1.82) is 0 Å². The van der Waals surface area contributed by atoms with Crippen molar-refractivity contribution in [3.05, 3.63) is 118 Å². The van der Waals surface area contributed by atoms with Gasteiger partial charge in [-0.3, -0.25) is 4.79 Å². The van der Waals surface area contributed by atoms with Crippen LogP contribution in [0.5, 0.6) is 0 Å². The fourth-order valence-corrected chi connectivity index (χ4v) is 6.69. The molecule has 0 aliphatic carbocycles. The molecule has 2 N–H and O–H groups in total. The lowest BCUT2D eigenvalue weighted by Gasteiger charge is -2.31. The summed E-state index contributed by atoms with van der Waals surface area (Å²) < 4.78 is 18.6. The maximum absolute atomic E-state index is 15.4. The van der Waals surface area contributed by atoms with Gasteiger partial charge in [-0.05, 0) is 91.8 Å². The molecule has 5 aromatic rings.